The SMILES string of the molecule is CCOC(=O)c1ccc2c(c1)sc(=NC(=O)Cc1ccc(S(=O)(=O)C(C)C)cc1)n2CCOC. The molecule has 0 saturated heterocycles. The van der Waals surface area contributed by atoms with E-state index in [0.29, 0.717) is 29.1 Å². The van der Waals surface area contributed by atoms with Crippen molar-refractivity contribution in [2.75, 3.05) is 20.3 Å². The second-order valence-corrected chi connectivity index (χ2v) is 11.4. The fourth-order valence-electron chi connectivity index (χ4n) is 3.29. The van der Waals surface area contributed by atoms with Gasteiger partial charge in [0.1, 0.15) is 0 Å². The van der Waals surface area contributed by atoms with E-state index >= 15 is 0 Å². The molecule has 1 amide bonds. The van der Waals surface area contributed by atoms with Crippen LogP contribution in [-0.4, -0.2) is 50.4 Å². The number of methoxy groups -OCH3 is 1. The molecule has 2 aromatic carbocycles. The standard InChI is InChI=1S/C24H28N2O6S2/c1-5-32-23(28)18-8-11-20-21(15-18)33-24(26(20)12-13-31-4)25-22(27)14-17-6-9-19(10-7-17)34(29,30)16(2)3/h6-11,15-16H,5,12-14H2,1-4H3. The Labute approximate surface area is 202 Å². The maximum Gasteiger partial charge on any atom is 0.338 e. The van der Waals surface area contributed by atoms with Crippen molar-refractivity contribution < 1.29 is 27.5 Å². The number of carbonyl (C=O) groups is 2. The number of hydrogen-bond donors (Lipinski definition) is 0. The minimum Gasteiger partial charge on any atom is -0.462 e. The molecule has 0 fully saturated rings. The Morgan fingerprint density at radius 3 is 2.44 bits per heavy atom. The molecule has 1 heterocycles. The van der Waals surface area contributed by atoms with Crippen LogP contribution in [0.2, 0.25) is 0 Å². The van der Waals surface area contributed by atoms with Gasteiger partial charge in [-0.05, 0) is 56.7 Å². The summed E-state index contributed by atoms with van der Waals surface area (Å²) in [6, 6.07) is 11.6. The summed E-state index contributed by atoms with van der Waals surface area (Å²) >= 11 is 1.30. The number of thiazole rings is 1. The second kappa shape index (κ2) is 11.1. The lowest BCUT2D eigenvalue weighted by Gasteiger charge is -2.08. The summed E-state index contributed by atoms with van der Waals surface area (Å²) in [6.45, 7) is 6.21. The molecule has 0 saturated carbocycles. The van der Waals surface area contributed by atoms with Crippen LogP contribution >= 0.6 is 11.3 Å². The van der Waals surface area contributed by atoms with Crippen LogP contribution in [-0.2, 0) is 37.1 Å². The number of nitrogens with zero attached hydrogens (tertiary/aromatic N) is 2. The number of esters is 1. The van der Waals surface area contributed by atoms with Gasteiger partial charge in [0, 0.05) is 13.7 Å². The van der Waals surface area contributed by atoms with Crippen LogP contribution in [0.1, 0.15) is 36.7 Å². The maximum atomic E-state index is 12.7. The zero-order valence-electron chi connectivity index (χ0n) is 19.6. The van der Waals surface area contributed by atoms with Crippen molar-refractivity contribution in [1.82, 2.24) is 4.57 Å². The van der Waals surface area contributed by atoms with Crippen LogP contribution in [0.5, 0.6) is 0 Å². The summed E-state index contributed by atoms with van der Waals surface area (Å²) in [5.74, 6) is -0.762. The first-order valence-electron chi connectivity index (χ1n) is 10.9. The lowest BCUT2D eigenvalue weighted by molar-refractivity contribution is -0.117. The van der Waals surface area contributed by atoms with E-state index in [1.54, 1.807) is 52.1 Å². The molecule has 8 nitrogen and oxygen atoms in total. The van der Waals surface area contributed by atoms with Crippen molar-refractivity contribution in [2.24, 2.45) is 4.99 Å². The molecule has 0 N–H and O–H groups in total. The zero-order chi connectivity index (χ0) is 24.9. The molecule has 182 valence electrons. The van der Waals surface area contributed by atoms with E-state index in [1.165, 1.54) is 23.5 Å². The summed E-state index contributed by atoms with van der Waals surface area (Å²) < 4.78 is 37.5. The van der Waals surface area contributed by atoms with Gasteiger partial charge < -0.3 is 14.0 Å². The van der Waals surface area contributed by atoms with Crippen LogP contribution in [0.3, 0.4) is 0 Å². The molecule has 0 aliphatic rings. The lowest BCUT2D eigenvalue weighted by Crippen LogP contribution is -2.19. The largest absolute Gasteiger partial charge is 0.462 e. The van der Waals surface area contributed by atoms with Gasteiger partial charge in [-0.25, -0.2) is 13.2 Å². The summed E-state index contributed by atoms with van der Waals surface area (Å²) in [5.41, 5.74) is 1.94. The molecule has 0 unspecified atom stereocenters. The van der Waals surface area contributed by atoms with E-state index in [4.69, 9.17) is 9.47 Å². The number of ether oxygens (including phenoxy) is 2. The Morgan fingerprint density at radius 1 is 1.12 bits per heavy atom. The molecule has 3 rings (SSSR count). The Morgan fingerprint density at radius 2 is 1.82 bits per heavy atom. The highest BCUT2D eigenvalue weighted by atomic mass is 32.2. The van der Waals surface area contributed by atoms with Gasteiger partial charge in [-0.2, -0.15) is 4.99 Å². The molecule has 0 spiro atoms. The first-order valence-corrected chi connectivity index (χ1v) is 13.2. The topological polar surface area (TPSA) is 104 Å². The number of amides is 1. The van der Waals surface area contributed by atoms with Crippen LogP contribution in [0, 0.1) is 0 Å². The molecule has 0 bridgehead atoms. The second-order valence-electron chi connectivity index (χ2n) is 7.85. The summed E-state index contributed by atoms with van der Waals surface area (Å²) in [6.07, 6.45) is 0.0363. The number of carbonyl (C=O) groups excluding carboxylic acids is 2. The van der Waals surface area contributed by atoms with E-state index in [-0.39, 0.29) is 23.8 Å². The minimum absolute atomic E-state index is 0.0363. The van der Waals surface area contributed by atoms with Gasteiger partial charge in [-0.3, -0.25) is 4.79 Å². The summed E-state index contributed by atoms with van der Waals surface area (Å²) in [5, 5.41) is -0.519. The third kappa shape index (κ3) is 5.81. The smallest absolute Gasteiger partial charge is 0.338 e. The van der Waals surface area contributed by atoms with E-state index in [1.807, 2.05) is 10.6 Å². The highest BCUT2D eigenvalue weighted by Gasteiger charge is 2.19. The molecule has 3 aromatic rings. The molecular formula is C24H28N2O6S2. The van der Waals surface area contributed by atoms with Gasteiger partial charge >= 0.3 is 5.97 Å². The third-order valence-corrected chi connectivity index (χ3v) is 8.37. The number of sulfone groups is 1. The van der Waals surface area contributed by atoms with Crippen molar-refractivity contribution in [3.8, 4) is 0 Å². The number of rotatable bonds is 9. The summed E-state index contributed by atoms with van der Waals surface area (Å²) in [4.78, 5) is 29.9. The highest BCUT2D eigenvalue weighted by Crippen LogP contribution is 2.20. The van der Waals surface area contributed by atoms with Crippen LogP contribution in [0.25, 0.3) is 10.2 Å². The Hall–Kier alpha value is -2.82. The third-order valence-electron chi connectivity index (χ3n) is 5.16. The minimum atomic E-state index is -3.37. The van der Waals surface area contributed by atoms with E-state index in [9.17, 15) is 18.0 Å². The molecule has 0 atom stereocenters. The fraction of sp³-hybridized carbons (Fsp3) is 0.375. The zero-order valence-corrected chi connectivity index (χ0v) is 21.2. The molecular weight excluding hydrogens is 476 g/mol. The number of benzene rings is 2. The van der Waals surface area contributed by atoms with Gasteiger partial charge in [-0.1, -0.05) is 23.5 Å². The van der Waals surface area contributed by atoms with Gasteiger partial charge in [0.2, 0.25) is 0 Å². The molecule has 10 heteroatoms. The lowest BCUT2D eigenvalue weighted by atomic mass is 10.1. The van der Waals surface area contributed by atoms with Crippen molar-refractivity contribution in [1.29, 1.82) is 0 Å². The van der Waals surface area contributed by atoms with Crippen LogP contribution in [0.4, 0.5) is 0 Å². The maximum absolute atomic E-state index is 12.7. The Balaban J connectivity index is 1.91. The molecule has 0 aliphatic heterocycles. The molecule has 0 aliphatic carbocycles. The van der Waals surface area contributed by atoms with Gasteiger partial charge in [0.25, 0.3) is 5.91 Å². The number of hydrogen-bond acceptors (Lipinski definition) is 7. The predicted molar refractivity (Wildman–Crippen MR) is 131 cm³/mol. The predicted octanol–water partition coefficient (Wildman–Crippen LogP) is 3.38. The average Bonchev–Trinajstić information content (AvgIpc) is 3.13. The first kappa shape index (κ1) is 25.8. The number of fused-ring (bicyclic) bond motifs is 1. The van der Waals surface area contributed by atoms with Gasteiger partial charge in [0.05, 0.1) is 45.6 Å². The quantitative estimate of drug-likeness (QED) is 0.414. The Kier molecular flexibility index (Phi) is 8.40. The first-order chi connectivity index (χ1) is 16.2. The van der Waals surface area contributed by atoms with Crippen molar-refractivity contribution in [2.45, 2.75) is 43.9 Å². The van der Waals surface area contributed by atoms with Crippen LogP contribution in [0.15, 0.2) is 52.4 Å². The Bertz CT molecular complexity index is 1350. The van der Waals surface area contributed by atoms with Gasteiger partial charge in [0.15, 0.2) is 14.6 Å². The van der Waals surface area contributed by atoms with E-state index in [2.05, 4.69) is 4.99 Å². The highest BCUT2D eigenvalue weighted by molar-refractivity contribution is 7.92. The number of aromatic nitrogens is 1. The van der Waals surface area contributed by atoms with Gasteiger partial charge in [-0.15, -0.1) is 0 Å². The van der Waals surface area contributed by atoms with Crippen LogP contribution < -0.4 is 4.80 Å². The normalized spacial score (nSPS) is 12.4. The van der Waals surface area contributed by atoms with Crippen molar-refractivity contribution in [3.63, 3.8) is 0 Å². The van der Waals surface area contributed by atoms with Crippen molar-refractivity contribution in [3.05, 3.63) is 58.4 Å². The fourth-order valence-corrected chi connectivity index (χ4v) is 5.46. The molecule has 0 radical (unpaired) electrons. The van der Waals surface area contributed by atoms with E-state index < -0.39 is 21.1 Å². The molecule has 1 aromatic heterocycles. The molecule has 34 heavy (non-hydrogen) atoms. The van der Waals surface area contributed by atoms with Crippen molar-refractivity contribution >= 4 is 43.3 Å². The monoisotopic (exact) mass is 504 g/mol. The average molecular weight is 505 g/mol. The summed E-state index contributed by atoms with van der Waals surface area (Å²) in [7, 11) is -1.77. The van der Waals surface area contributed by atoms with E-state index in [0.717, 1.165) is 10.2 Å².